The summed E-state index contributed by atoms with van der Waals surface area (Å²) in [5.74, 6) is 2.64. The van der Waals surface area contributed by atoms with Crippen LogP contribution in [0.3, 0.4) is 0 Å². The number of aromatic nitrogens is 3. The Kier molecular flexibility index (Phi) is 10.4. The highest BCUT2D eigenvalue weighted by Crippen LogP contribution is 2.19. The lowest BCUT2D eigenvalue weighted by Gasteiger charge is -2.26. The number of nitrogens with one attached hydrogen (secondary N) is 2. The molecule has 0 radical (unpaired) electrons. The van der Waals surface area contributed by atoms with Gasteiger partial charge in [0.2, 0.25) is 0 Å². The summed E-state index contributed by atoms with van der Waals surface area (Å²) in [7, 11) is 1.98. The number of likely N-dealkylation sites (N-methyl/N-ethyl adjacent to an activating group) is 1. The number of rotatable bonds is 8. The molecule has 1 aromatic rings. The van der Waals surface area contributed by atoms with Gasteiger partial charge in [-0.1, -0.05) is 6.92 Å². The van der Waals surface area contributed by atoms with Gasteiger partial charge in [-0.2, -0.15) is 11.8 Å². The average Bonchev–Trinajstić information content (AvgIpc) is 3.21. The first kappa shape index (κ1) is 24.5. The predicted molar refractivity (Wildman–Crippen MR) is 126 cm³/mol. The van der Waals surface area contributed by atoms with Crippen molar-refractivity contribution >= 4 is 41.7 Å². The first-order valence-corrected chi connectivity index (χ1v) is 10.7. The maximum absolute atomic E-state index is 4.76. The number of thioether (sulfide) groups is 1. The summed E-state index contributed by atoms with van der Waals surface area (Å²) >= 11 is 1.86. The largest absolute Gasteiger partial charge is 0.355 e. The highest BCUT2D eigenvalue weighted by Gasteiger charge is 2.23. The number of nitrogens with zero attached hydrogens (tertiary/aromatic N) is 5. The van der Waals surface area contributed by atoms with Gasteiger partial charge in [0.15, 0.2) is 11.8 Å². The molecule has 156 valence electrons. The van der Waals surface area contributed by atoms with Crippen LogP contribution in [-0.2, 0) is 13.6 Å². The van der Waals surface area contributed by atoms with E-state index in [0.717, 1.165) is 37.2 Å². The zero-order chi connectivity index (χ0) is 19.2. The van der Waals surface area contributed by atoms with Gasteiger partial charge in [0.25, 0.3) is 0 Å². The molecule has 1 aliphatic heterocycles. The molecule has 0 spiro atoms. The van der Waals surface area contributed by atoms with E-state index in [1.165, 1.54) is 19.4 Å². The fraction of sp³-hybridized carbons (Fsp3) is 0.833. The third kappa shape index (κ3) is 7.41. The summed E-state index contributed by atoms with van der Waals surface area (Å²) in [6.07, 6.45) is 4.69. The molecule has 0 aliphatic carbocycles. The lowest BCUT2D eigenvalue weighted by atomic mass is 10.2. The first-order valence-electron chi connectivity index (χ1n) is 9.52. The third-order valence-corrected chi connectivity index (χ3v) is 6.46. The minimum Gasteiger partial charge on any atom is -0.355 e. The van der Waals surface area contributed by atoms with Gasteiger partial charge < -0.3 is 15.2 Å². The molecule has 1 saturated heterocycles. The number of hydrogen-bond acceptors (Lipinski definition) is 5. The summed E-state index contributed by atoms with van der Waals surface area (Å²) in [6, 6.07) is 0.595. The number of guanidine groups is 1. The Balaban J connectivity index is 0.00000364. The molecule has 27 heavy (non-hydrogen) atoms. The second-order valence-electron chi connectivity index (χ2n) is 7.51. The second-order valence-corrected chi connectivity index (χ2v) is 9.02. The molecule has 1 atom stereocenters. The normalized spacial score (nSPS) is 18.4. The molecule has 0 amide bonds. The van der Waals surface area contributed by atoms with Crippen molar-refractivity contribution in [1.29, 1.82) is 0 Å². The Hall–Kier alpha value is -0.550. The van der Waals surface area contributed by atoms with Gasteiger partial charge in [0, 0.05) is 30.9 Å². The predicted octanol–water partition coefficient (Wildman–Crippen LogP) is 2.40. The standard InChI is InChI=1S/C18H35N7S.HI/c1-7-25-10-8-9-15(25)11-19-17(21-13-18(3,4)26-6)20-12-16-23-22-14(2)24(16)5;/h15H,7-13H2,1-6H3,(H2,19,20,21);1H. The Morgan fingerprint density at radius 3 is 2.67 bits per heavy atom. The van der Waals surface area contributed by atoms with Gasteiger partial charge in [-0.25, -0.2) is 4.99 Å². The van der Waals surface area contributed by atoms with Crippen molar-refractivity contribution in [3.8, 4) is 0 Å². The summed E-state index contributed by atoms with van der Waals surface area (Å²) in [6.45, 7) is 13.3. The molecule has 2 heterocycles. The van der Waals surface area contributed by atoms with E-state index in [9.17, 15) is 0 Å². The van der Waals surface area contributed by atoms with Crippen molar-refractivity contribution in [2.45, 2.75) is 57.9 Å². The van der Waals surface area contributed by atoms with Crippen LogP contribution in [0.4, 0.5) is 0 Å². The van der Waals surface area contributed by atoms with Crippen LogP contribution < -0.4 is 10.6 Å². The fourth-order valence-electron chi connectivity index (χ4n) is 3.04. The van der Waals surface area contributed by atoms with E-state index in [-0.39, 0.29) is 28.7 Å². The van der Waals surface area contributed by atoms with Crippen LogP contribution in [0.25, 0.3) is 0 Å². The van der Waals surface area contributed by atoms with Gasteiger partial charge in [0.1, 0.15) is 12.4 Å². The minimum absolute atomic E-state index is 0. The molecule has 0 saturated carbocycles. The molecular weight excluding hydrogens is 473 g/mol. The third-order valence-electron chi connectivity index (χ3n) is 5.21. The van der Waals surface area contributed by atoms with E-state index < -0.39 is 0 Å². The molecule has 0 bridgehead atoms. The highest BCUT2D eigenvalue weighted by atomic mass is 127. The van der Waals surface area contributed by atoms with Crippen LogP contribution in [0.15, 0.2) is 4.99 Å². The van der Waals surface area contributed by atoms with E-state index >= 15 is 0 Å². The molecular formula is C18H36IN7S. The molecule has 1 aromatic heterocycles. The van der Waals surface area contributed by atoms with Crippen LogP contribution in [0.2, 0.25) is 0 Å². The fourth-order valence-corrected chi connectivity index (χ4v) is 3.26. The lowest BCUT2D eigenvalue weighted by Crippen LogP contribution is -2.47. The topological polar surface area (TPSA) is 70.4 Å². The molecule has 2 rings (SSSR count). The Labute approximate surface area is 185 Å². The number of aliphatic imine (C=N–C) groups is 1. The highest BCUT2D eigenvalue weighted by molar-refractivity contribution is 14.0. The maximum Gasteiger partial charge on any atom is 0.191 e. The Morgan fingerprint density at radius 2 is 2.07 bits per heavy atom. The van der Waals surface area contributed by atoms with E-state index in [1.807, 2.05) is 30.3 Å². The van der Waals surface area contributed by atoms with Crippen LogP contribution in [0.5, 0.6) is 0 Å². The van der Waals surface area contributed by atoms with Crippen LogP contribution >= 0.6 is 35.7 Å². The van der Waals surface area contributed by atoms with Crippen molar-refractivity contribution < 1.29 is 0 Å². The van der Waals surface area contributed by atoms with Crippen molar-refractivity contribution in [3.05, 3.63) is 11.6 Å². The number of halogens is 1. The molecule has 7 nitrogen and oxygen atoms in total. The zero-order valence-electron chi connectivity index (χ0n) is 17.6. The smallest absolute Gasteiger partial charge is 0.191 e. The number of likely N-dealkylation sites (tertiary alicyclic amines) is 1. The van der Waals surface area contributed by atoms with Crippen LogP contribution in [0, 0.1) is 6.92 Å². The molecule has 1 aliphatic rings. The average molecular weight is 510 g/mol. The van der Waals surface area contributed by atoms with Crippen molar-refractivity contribution in [3.63, 3.8) is 0 Å². The molecule has 1 unspecified atom stereocenters. The van der Waals surface area contributed by atoms with E-state index in [2.05, 4.69) is 52.8 Å². The molecule has 2 N–H and O–H groups in total. The van der Waals surface area contributed by atoms with Crippen LogP contribution in [-0.4, -0.2) is 68.8 Å². The Bertz CT molecular complexity index is 603. The summed E-state index contributed by atoms with van der Waals surface area (Å²) in [5.41, 5.74) is 0. The van der Waals surface area contributed by atoms with Gasteiger partial charge >= 0.3 is 0 Å². The van der Waals surface area contributed by atoms with E-state index in [4.69, 9.17) is 4.99 Å². The molecule has 9 heteroatoms. The lowest BCUT2D eigenvalue weighted by molar-refractivity contribution is 0.267. The maximum atomic E-state index is 4.76. The van der Waals surface area contributed by atoms with E-state index in [1.54, 1.807) is 0 Å². The molecule has 0 aromatic carbocycles. The summed E-state index contributed by atoms with van der Waals surface area (Å²) in [4.78, 5) is 7.30. The summed E-state index contributed by atoms with van der Waals surface area (Å²) in [5, 5.41) is 15.4. The van der Waals surface area contributed by atoms with Gasteiger partial charge in [0.05, 0.1) is 0 Å². The van der Waals surface area contributed by atoms with Crippen molar-refractivity contribution in [1.82, 2.24) is 30.3 Å². The SMILES string of the molecule is CCN1CCCC1CNC(=NCc1nnc(C)n1C)NCC(C)(C)SC.I. The first-order chi connectivity index (χ1) is 12.4. The number of hydrogen-bond donors (Lipinski definition) is 2. The van der Waals surface area contributed by atoms with Crippen molar-refractivity contribution in [2.75, 3.05) is 32.4 Å². The summed E-state index contributed by atoms with van der Waals surface area (Å²) < 4.78 is 2.15. The number of aryl methyl sites for hydroxylation is 1. The Morgan fingerprint density at radius 1 is 1.33 bits per heavy atom. The van der Waals surface area contributed by atoms with Gasteiger partial charge in [-0.3, -0.25) is 4.90 Å². The van der Waals surface area contributed by atoms with Gasteiger partial charge in [-0.05, 0) is 53.0 Å². The zero-order valence-corrected chi connectivity index (χ0v) is 20.7. The van der Waals surface area contributed by atoms with Gasteiger partial charge in [-0.15, -0.1) is 34.2 Å². The second kappa shape index (κ2) is 11.5. The van der Waals surface area contributed by atoms with Crippen molar-refractivity contribution in [2.24, 2.45) is 12.0 Å². The van der Waals surface area contributed by atoms with E-state index in [0.29, 0.717) is 12.6 Å². The quantitative estimate of drug-likeness (QED) is 0.319. The minimum atomic E-state index is 0. The monoisotopic (exact) mass is 509 g/mol. The molecule has 1 fully saturated rings. The van der Waals surface area contributed by atoms with Crippen LogP contribution in [0.1, 0.15) is 45.3 Å².